The van der Waals surface area contributed by atoms with Crippen LogP contribution >= 0.6 is 0 Å². The summed E-state index contributed by atoms with van der Waals surface area (Å²) in [4.78, 5) is 26.3. The Morgan fingerprint density at radius 1 is 0.201 bits per heavy atom. The van der Waals surface area contributed by atoms with Gasteiger partial charge in [0.1, 0.15) is 5.82 Å². The molecule has 16 aromatic carbocycles. The number of aromatic nitrogens is 10. The summed E-state index contributed by atoms with van der Waals surface area (Å²) in [5.41, 5.74) is 20.9. The standard InChI is InChI=1S/C45H29N6.2C39H26N5O.3Pt/c1-47-29-48(28-45(47)51-40-18-8-4-12-32(40)33-13-5-9-19-41(33)51)30-21-23-36-34-14-2-6-16-38(34)49(42(36)26-30)31-22-24-37-35-15-3-7-17-39(35)50(43(37)27-31)44-20-10-11-25-46-44;1-41-26-42(25-39(41)44-35-17-6-3-13-30(35)31-14-4-7-18-36(31)44)27-20-21-33-32-15-2-5-16-34(32)43(37(33)24-27)28-11-10-12-29(23-28)45-38-19-8-9-22-40-38;1-41-26-42(25-39(41)44-35-17-6-3-13-30(35)31-14-4-7-18-36(31)44)27-11-10-12-28(23-27)43-34-16-5-2-15-32(34)33-21-20-29(24-37(33)43)45-38-19-8-9-22-40-38;;;/h2-25,28-29H,1H3;2*2-22,25-26H,1H3;;;/q3*-3;;;. The monoisotopic (exact) mass is 2400 g/mol. The molecule has 10 aromatic heterocycles. The average Bonchev–Trinajstić information content (AvgIpc) is 1.55. The molecular formula is C123H81N16O2Pt3-9. The van der Waals surface area contributed by atoms with Gasteiger partial charge in [0.05, 0.1) is 50.6 Å². The van der Waals surface area contributed by atoms with E-state index in [0.29, 0.717) is 23.3 Å². The first-order valence-electron chi connectivity index (χ1n) is 46.9. The second-order valence-electron chi connectivity index (χ2n) is 35.3. The molecule has 0 amide bonds. The second-order valence-corrected chi connectivity index (χ2v) is 35.3. The van der Waals surface area contributed by atoms with E-state index in [-0.39, 0.29) is 63.2 Å². The number of hydrogen-bond acceptors (Lipinski definition) is 11. The van der Waals surface area contributed by atoms with Crippen LogP contribution in [0.4, 0.5) is 17.1 Å². The van der Waals surface area contributed by atoms with E-state index in [1.54, 1.807) is 12.4 Å². The fraction of sp³-hybridized carbons (Fsp3) is 0.0244. The predicted molar refractivity (Wildman–Crippen MR) is 571 cm³/mol. The number of rotatable bonds is 14. The van der Waals surface area contributed by atoms with Crippen molar-refractivity contribution < 1.29 is 72.7 Å². The Morgan fingerprint density at radius 3 is 0.812 bits per heavy atom. The maximum absolute atomic E-state index is 6.08. The molecule has 18 nitrogen and oxygen atoms in total. The van der Waals surface area contributed by atoms with E-state index in [4.69, 9.17) is 14.5 Å². The quantitative estimate of drug-likeness (QED) is 0.0971. The molecule has 29 rings (SSSR count). The average molecular weight is 2400 g/mol. The van der Waals surface area contributed by atoms with Crippen molar-refractivity contribution >= 4 is 187 Å². The molecule has 0 unspecified atom stereocenters. The van der Waals surface area contributed by atoms with Gasteiger partial charge in [-0.1, -0.05) is 239 Å². The predicted octanol–water partition coefficient (Wildman–Crippen LogP) is 28.3. The fourth-order valence-electron chi connectivity index (χ4n) is 20.9. The van der Waals surface area contributed by atoms with Gasteiger partial charge in [-0.2, -0.15) is 56.4 Å². The third-order valence-corrected chi connectivity index (χ3v) is 27.1. The van der Waals surface area contributed by atoms with Crippen LogP contribution in [0.5, 0.6) is 23.3 Å². The van der Waals surface area contributed by atoms with Crippen LogP contribution < -0.4 is 24.2 Å². The van der Waals surface area contributed by atoms with Gasteiger partial charge in [-0.05, 0) is 128 Å². The topological polar surface area (TPSA) is 111 Å². The summed E-state index contributed by atoms with van der Waals surface area (Å²) < 4.78 is 28.1. The number of fused-ring (bicyclic) bond motifs is 21. The summed E-state index contributed by atoms with van der Waals surface area (Å²) in [6.07, 6.45) is 11.8. The van der Waals surface area contributed by atoms with Crippen molar-refractivity contribution in [2.75, 3.05) is 35.8 Å². The molecule has 0 saturated heterocycles. The Hall–Kier alpha value is -16.7. The SMILES string of the molecule is CN1[CH-]N(c2[c-]c(-n3c4[c-]c(Oc5ccccn5)ccc4c4ccccc43)ccc2)C=C1n1c2ccccc2c2ccccc21.CN1[CH-]N(c2[c-]c3c(cc2)c2ccccc2n3-c2[c-]c(Oc3ccccn3)ccc2)C=C1n1c2ccccc2c2ccccc21.CN1[CH-]N(c2[c-]c3c(cc2)c2ccccc2n3-c2[c-]c3c(cc2)c2ccccc2n3-c2ccccn2)C=C1n1c2ccccc2c2ccccc21.[Pt].[Pt].[Pt]. The van der Waals surface area contributed by atoms with Gasteiger partial charge in [0.25, 0.3) is 0 Å². The third-order valence-electron chi connectivity index (χ3n) is 27.1. The maximum atomic E-state index is 6.08. The molecule has 144 heavy (non-hydrogen) atoms. The maximum Gasteiger partial charge on any atom is 0.216 e. The van der Waals surface area contributed by atoms with Gasteiger partial charge in [0.15, 0.2) is 0 Å². The van der Waals surface area contributed by atoms with Crippen LogP contribution in [0, 0.1) is 56.4 Å². The first-order valence-corrected chi connectivity index (χ1v) is 46.9. The van der Waals surface area contributed by atoms with Crippen LogP contribution in [0.25, 0.3) is 193 Å². The van der Waals surface area contributed by atoms with E-state index in [9.17, 15) is 0 Å². The minimum atomic E-state index is 0. The Kier molecular flexibility index (Phi) is 23.1. The van der Waals surface area contributed by atoms with Gasteiger partial charge in [-0.15, -0.1) is 124 Å². The Bertz CT molecular complexity index is 9470. The molecule has 0 spiro atoms. The van der Waals surface area contributed by atoms with Crippen LogP contribution in [-0.4, -0.2) is 82.8 Å². The number of para-hydroxylation sites is 10. The molecule has 0 aliphatic carbocycles. The van der Waals surface area contributed by atoms with E-state index >= 15 is 0 Å². The molecule has 0 fully saturated rings. The third kappa shape index (κ3) is 15.2. The summed E-state index contributed by atoms with van der Waals surface area (Å²) >= 11 is 0. The molecule has 21 heteroatoms. The number of nitrogens with zero attached hydrogens (tertiary/aromatic N) is 16. The Morgan fingerprint density at radius 2 is 0.458 bits per heavy atom. The van der Waals surface area contributed by atoms with Gasteiger partial charge in [-0.3, -0.25) is 13.7 Å². The molecule has 0 N–H and O–H groups in total. The zero-order valence-electron chi connectivity index (χ0n) is 77.5. The van der Waals surface area contributed by atoms with Crippen molar-refractivity contribution in [2.24, 2.45) is 0 Å². The van der Waals surface area contributed by atoms with E-state index in [1.807, 2.05) is 79.0 Å². The first-order chi connectivity index (χ1) is 69.7. The molecule has 3 aliphatic rings. The minimum Gasteiger partial charge on any atom is -0.498 e. The van der Waals surface area contributed by atoms with Crippen molar-refractivity contribution in [2.45, 2.75) is 0 Å². The zero-order valence-corrected chi connectivity index (χ0v) is 84.3. The van der Waals surface area contributed by atoms with Crippen LogP contribution in [0.1, 0.15) is 0 Å². The van der Waals surface area contributed by atoms with Crippen molar-refractivity contribution in [1.29, 1.82) is 0 Å². The fourth-order valence-corrected chi connectivity index (χ4v) is 20.9. The number of hydrogen-bond donors (Lipinski definition) is 0. The molecular weight excluding hydrogens is 2320 g/mol. The number of benzene rings is 16. The first kappa shape index (κ1) is 89.8. The summed E-state index contributed by atoms with van der Waals surface area (Å²) in [5.74, 6) is 6.33. The van der Waals surface area contributed by atoms with Crippen molar-refractivity contribution in [1.82, 2.24) is 61.6 Å². The second kappa shape index (κ2) is 37.0. The van der Waals surface area contributed by atoms with Gasteiger partial charge in [0, 0.05) is 178 Å². The van der Waals surface area contributed by atoms with Crippen LogP contribution in [-0.2, 0) is 63.2 Å². The molecule has 3 aliphatic heterocycles. The molecule has 26 aromatic rings. The molecule has 0 atom stereocenters. The summed E-state index contributed by atoms with van der Waals surface area (Å²) in [6.45, 7) is 6.34. The Labute approximate surface area is 871 Å². The number of ether oxygens (including phenoxy) is 2. The van der Waals surface area contributed by atoms with Crippen LogP contribution in [0.3, 0.4) is 0 Å². The summed E-state index contributed by atoms with van der Waals surface area (Å²) in [6, 6.07) is 154. The van der Waals surface area contributed by atoms with Crippen LogP contribution in [0.15, 0.2) is 419 Å². The minimum absolute atomic E-state index is 0. The molecule has 13 heterocycles. The van der Waals surface area contributed by atoms with Gasteiger partial charge >= 0.3 is 0 Å². The number of pyridine rings is 3. The summed E-state index contributed by atoms with van der Waals surface area (Å²) in [5, 5.41) is 16.6. The van der Waals surface area contributed by atoms with Crippen molar-refractivity contribution in [3.63, 3.8) is 0 Å². The molecule has 704 valence electrons. The van der Waals surface area contributed by atoms with Gasteiger partial charge in [0.2, 0.25) is 11.8 Å². The normalized spacial score (nSPS) is 13.2. The van der Waals surface area contributed by atoms with E-state index in [1.165, 1.54) is 76.2 Å². The Balaban J connectivity index is 0.000000115. The van der Waals surface area contributed by atoms with E-state index < -0.39 is 0 Å². The largest absolute Gasteiger partial charge is 0.498 e. The van der Waals surface area contributed by atoms with Crippen LogP contribution in [0.2, 0.25) is 0 Å². The van der Waals surface area contributed by atoms with E-state index in [2.05, 4.69) is 477 Å². The summed E-state index contributed by atoms with van der Waals surface area (Å²) in [7, 11) is 6.28. The van der Waals surface area contributed by atoms with Crippen molar-refractivity contribution in [3.8, 4) is 46.1 Å². The van der Waals surface area contributed by atoms with E-state index in [0.717, 1.165) is 134 Å². The zero-order chi connectivity index (χ0) is 93.4. The van der Waals surface area contributed by atoms with Gasteiger partial charge < -0.3 is 57.1 Å². The molecule has 0 bridgehead atoms. The number of anilines is 3. The molecule has 0 radical (unpaired) electrons. The smallest absolute Gasteiger partial charge is 0.216 e. The van der Waals surface area contributed by atoms with Gasteiger partial charge in [-0.25, -0.2) is 15.0 Å². The van der Waals surface area contributed by atoms with Crippen molar-refractivity contribution in [3.05, 3.63) is 476 Å². The molecule has 0 saturated carbocycles.